The minimum atomic E-state index is -0.343. The van der Waals surface area contributed by atoms with Crippen LogP contribution in [0.1, 0.15) is 35.3 Å². The highest BCUT2D eigenvalue weighted by Gasteiger charge is 2.25. The zero-order chi connectivity index (χ0) is 20.8. The average Bonchev–Trinajstić information content (AvgIpc) is 2.78. The van der Waals surface area contributed by atoms with Crippen LogP contribution < -0.4 is 10.2 Å². The van der Waals surface area contributed by atoms with E-state index in [4.69, 9.17) is 4.74 Å². The van der Waals surface area contributed by atoms with Gasteiger partial charge in [0.15, 0.2) is 0 Å². The Morgan fingerprint density at radius 3 is 2.14 bits per heavy atom. The fourth-order valence-corrected chi connectivity index (χ4v) is 3.77. The number of ether oxygens (including phenoxy) is 1. The Morgan fingerprint density at radius 2 is 1.55 bits per heavy atom. The number of amides is 2. The molecule has 0 saturated carbocycles. The molecule has 3 rings (SSSR count). The molecule has 6 heteroatoms. The predicted molar refractivity (Wildman–Crippen MR) is 116 cm³/mol. The van der Waals surface area contributed by atoms with Crippen LogP contribution >= 0.6 is 0 Å². The lowest BCUT2D eigenvalue weighted by Crippen LogP contribution is -2.50. The van der Waals surface area contributed by atoms with Gasteiger partial charge in [0.05, 0.1) is 18.4 Å². The summed E-state index contributed by atoms with van der Waals surface area (Å²) in [6.07, 6.45) is 1.75. The molecule has 29 heavy (non-hydrogen) atoms. The fourth-order valence-electron chi connectivity index (χ4n) is 3.77. The van der Waals surface area contributed by atoms with Crippen LogP contribution in [0.5, 0.6) is 0 Å². The fraction of sp³-hybridized carbons (Fsp3) is 0.391. The van der Waals surface area contributed by atoms with Crippen LogP contribution in [-0.2, 0) is 17.6 Å². The van der Waals surface area contributed by atoms with Crippen molar-refractivity contribution in [3.05, 3.63) is 59.2 Å². The lowest BCUT2D eigenvalue weighted by molar-refractivity contribution is 0.0601. The van der Waals surface area contributed by atoms with E-state index >= 15 is 0 Å². The third kappa shape index (κ3) is 4.53. The second kappa shape index (κ2) is 9.45. The van der Waals surface area contributed by atoms with Gasteiger partial charge in [-0.15, -0.1) is 0 Å². The molecule has 1 fully saturated rings. The minimum absolute atomic E-state index is 0.0681. The molecule has 0 bridgehead atoms. The van der Waals surface area contributed by atoms with Crippen molar-refractivity contribution in [2.75, 3.05) is 43.5 Å². The number of urea groups is 1. The Labute approximate surface area is 172 Å². The minimum Gasteiger partial charge on any atom is -0.465 e. The Balaban J connectivity index is 1.68. The monoisotopic (exact) mass is 395 g/mol. The van der Waals surface area contributed by atoms with E-state index in [-0.39, 0.29) is 12.0 Å². The Morgan fingerprint density at radius 1 is 0.931 bits per heavy atom. The zero-order valence-electron chi connectivity index (χ0n) is 17.4. The van der Waals surface area contributed by atoms with E-state index in [9.17, 15) is 9.59 Å². The first kappa shape index (κ1) is 20.7. The van der Waals surface area contributed by atoms with Crippen molar-refractivity contribution in [1.29, 1.82) is 0 Å². The quantitative estimate of drug-likeness (QED) is 0.779. The maximum absolute atomic E-state index is 12.9. The van der Waals surface area contributed by atoms with Crippen molar-refractivity contribution in [2.45, 2.75) is 26.7 Å². The highest BCUT2D eigenvalue weighted by atomic mass is 16.5. The number of nitrogens with zero attached hydrogens (tertiary/aromatic N) is 2. The lowest BCUT2D eigenvalue weighted by atomic mass is 10.0. The molecule has 0 unspecified atom stereocenters. The summed E-state index contributed by atoms with van der Waals surface area (Å²) < 4.78 is 4.90. The largest absolute Gasteiger partial charge is 0.465 e. The number of hydrogen-bond donors (Lipinski definition) is 1. The van der Waals surface area contributed by atoms with Gasteiger partial charge in [-0.1, -0.05) is 44.2 Å². The number of rotatable bonds is 5. The van der Waals surface area contributed by atoms with Crippen molar-refractivity contribution in [2.24, 2.45) is 0 Å². The molecule has 0 aromatic heterocycles. The van der Waals surface area contributed by atoms with E-state index in [1.165, 1.54) is 7.11 Å². The third-order valence-corrected chi connectivity index (χ3v) is 5.45. The lowest BCUT2D eigenvalue weighted by Gasteiger charge is -2.36. The molecular weight excluding hydrogens is 366 g/mol. The van der Waals surface area contributed by atoms with E-state index in [1.54, 1.807) is 6.07 Å². The van der Waals surface area contributed by atoms with Crippen molar-refractivity contribution >= 4 is 23.4 Å². The summed E-state index contributed by atoms with van der Waals surface area (Å²) in [6.45, 7) is 6.72. The number of carbonyl (C=O) groups is 2. The number of carbonyl (C=O) groups excluding carboxylic acids is 2. The van der Waals surface area contributed by atoms with Gasteiger partial charge in [-0.3, -0.25) is 0 Å². The van der Waals surface area contributed by atoms with Gasteiger partial charge in [0.1, 0.15) is 0 Å². The molecule has 0 spiro atoms. The maximum Gasteiger partial charge on any atom is 0.339 e. The number of methoxy groups -OCH3 is 1. The molecule has 0 radical (unpaired) electrons. The highest BCUT2D eigenvalue weighted by molar-refractivity contribution is 5.96. The molecule has 2 amide bonds. The topological polar surface area (TPSA) is 61.9 Å². The number of nitrogens with one attached hydrogen (secondary N) is 1. The van der Waals surface area contributed by atoms with E-state index < -0.39 is 0 Å². The number of aryl methyl sites for hydroxylation is 2. The van der Waals surface area contributed by atoms with Crippen molar-refractivity contribution < 1.29 is 14.3 Å². The van der Waals surface area contributed by atoms with E-state index in [1.807, 2.05) is 29.2 Å². The van der Waals surface area contributed by atoms with E-state index in [0.29, 0.717) is 31.7 Å². The van der Waals surface area contributed by atoms with Gasteiger partial charge in [0.2, 0.25) is 0 Å². The SMILES string of the molecule is CCc1cccc(CC)c1NC(=O)N1CCN(c2ccccc2C(=O)OC)CC1. The van der Waals surface area contributed by atoms with Gasteiger partial charge < -0.3 is 19.9 Å². The van der Waals surface area contributed by atoms with Crippen LogP contribution in [0.4, 0.5) is 16.2 Å². The Hall–Kier alpha value is -3.02. The Bertz CT molecular complexity index is 851. The smallest absolute Gasteiger partial charge is 0.339 e. The second-order valence-corrected chi connectivity index (χ2v) is 7.07. The Kier molecular flexibility index (Phi) is 6.75. The van der Waals surface area contributed by atoms with Crippen LogP contribution in [0.15, 0.2) is 42.5 Å². The maximum atomic E-state index is 12.9. The first-order valence-electron chi connectivity index (χ1n) is 10.2. The van der Waals surface area contributed by atoms with Gasteiger partial charge in [-0.05, 0) is 36.1 Å². The molecule has 1 heterocycles. The molecule has 0 atom stereocenters. The number of esters is 1. The van der Waals surface area contributed by atoms with E-state index in [0.717, 1.165) is 35.3 Å². The summed E-state index contributed by atoms with van der Waals surface area (Å²) >= 11 is 0. The van der Waals surface area contributed by atoms with Crippen LogP contribution in [0, 0.1) is 0 Å². The summed E-state index contributed by atoms with van der Waals surface area (Å²) in [5, 5.41) is 3.14. The molecule has 1 aliphatic rings. The first-order valence-corrected chi connectivity index (χ1v) is 10.2. The normalized spacial score (nSPS) is 13.9. The first-order chi connectivity index (χ1) is 14.1. The molecule has 1 N–H and O–H groups in total. The molecule has 2 aromatic carbocycles. The standard InChI is InChI=1S/C23H29N3O3/c1-4-17-9-8-10-18(5-2)21(17)24-23(28)26-15-13-25(14-16-26)20-12-7-6-11-19(20)22(27)29-3/h6-12H,4-5,13-16H2,1-3H3,(H,24,28). The third-order valence-electron chi connectivity index (χ3n) is 5.45. The number of hydrogen-bond acceptors (Lipinski definition) is 4. The number of para-hydroxylation sites is 2. The molecule has 2 aromatic rings. The van der Waals surface area contributed by atoms with Gasteiger partial charge in [0.25, 0.3) is 0 Å². The molecule has 0 aliphatic carbocycles. The van der Waals surface area contributed by atoms with E-state index in [2.05, 4.69) is 36.2 Å². The van der Waals surface area contributed by atoms with Crippen molar-refractivity contribution in [1.82, 2.24) is 4.90 Å². The molecule has 154 valence electrons. The number of piperazine rings is 1. The summed E-state index contributed by atoms with van der Waals surface area (Å²) in [5.41, 5.74) is 4.66. The average molecular weight is 396 g/mol. The zero-order valence-corrected chi connectivity index (χ0v) is 17.4. The highest BCUT2D eigenvalue weighted by Crippen LogP contribution is 2.25. The molecule has 1 saturated heterocycles. The number of anilines is 2. The van der Waals surface area contributed by atoms with Crippen LogP contribution in [0.25, 0.3) is 0 Å². The van der Waals surface area contributed by atoms with Crippen molar-refractivity contribution in [3.63, 3.8) is 0 Å². The van der Waals surface area contributed by atoms with Crippen LogP contribution in [-0.4, -0.2) is 50.2 Å². The van der Waals surface area contributed by atoms with Gasteiger partial charge >= 0.3 is 12.0 Å². The summed E-state index contributed by atoms with van der Waals surface area (Å²) in [6, 6.07) is 13.5. The van der Waals surface area contributed by atoms with Gasteiger partial charge in [-0.25, -0.2) is 9.59 Å². The van der Waals surface area contributed by atoms with Gasteiger partial charge in [0, 0.05) is 31.9 Å². The summed E-state index contributed by atoms with van der Waals surface area (Å²) in [7, 11) is 1.39. The van der Waals surface area contributed by atoms with Crippen molar-refractivity contribution in [3.8, 4) is 0 Å². The second-order valence-electron chi connectivity index (χ2n) is 7.07. The summed E-state index contributed by atoms with van der Waals surface area (Å²) in [4.78, 5) is 28.9. The molecular formula is C23H29N3O3. The predicted octanol–water partition coefficient (Wildman–Crippen LogP) is 3.95. The van der Waals surface area contributed by atoms with Crippen LogP contribution in [0.3, 0.4) is 0 Å². The van der Waals surface area contributed by atoms with Gasteiger partial charge in [-0.2, -0.15) is 0 Å². The molecule has 1 aliphatic heterocycles. The number of benzene rings is 2. The summed E-state index contributed by atoms with van der Waals surface area (Å²) in [5.74, 6) is -0.343. The van der Waals surface area contributed by atoms with Crippen LogP contribution in [0.2, 0.25) is 0 Å². The molecule has 6 nitrogen and oxygen atoms in total.